The van der Waals surface area contributed by atoms with Crippen LogP contribution in [-0.4, -0.2) is 75.7 Å². The molecule has 2 amide bonds. The van der Waals surface area contributed by atoms with Gasteiger partial charge in [0.25, 0.3) is 0 Å². The zero-order valence-corrected chi connectivity index (χ0v) is 24.1. The quantitative estimate of drug-likeness (QED) is 0.176. The molecule has 0 saturated carbocycles. The number of likely N-dealkylation sites (tertiary alicyclic amines) is 1. The number of hydrogen-bond donors (Lipinski definition) is 2. The van der Waals surface area contributed by atoms with Crippen LogP contribution in [0.4, 0.5) is 4.39 Å². The molecular weight excluding hydrogens is 544 g/mol. The van der Waals surface area contributed by atoms with E-state index in [4.69, 9.17) is 14.2 Å². The van der Waals surface area contributed by atoms with Gasteiger partial charge in [-0.1, -0.05) is 0 Å². The first-order chi connectivity index (χ1) is 20.3. The van der Waals surface area contributed by atoms with Crippen LogP contribution in [0.3, 0.4) is 0 Å². The third-order valence-corrected chi connectivity index (χ3v) is 7.00. The van der Waals surface area contributed by atoms with Gasteiger partial charge in [-0.05, 0) is 12.1 Å². The van der Waals surface area contributed by atoms with E-state index in [9.17, 15) is 23.5 Å². The molecule has 0 bridgehead atoms. The molecule has 2 aromatic rings. The molecule has 0 radical (unpaired) electrons. The van der Waals surface area contributed by atoms with Gasteiger partial charge >= 0.3 is 192 Å². The average Bonchev–Trinajstić information content (AvgIpc) is 3.33. The van der Waals surface area contributed by atoms with Gasteiger partial charge in [-0.3, -0.25) is 0 Å². The molecule has 0 aromatic heterocycles. The molecule has 1 aliphatic heterocycles. The van der Waals surface area contributed by atoms with E-state index >= 15 is 0 Å². The summed E-state index contributed by atoms with van der Waals surface area (Å²) in [6.07, 6.45) is 3.73. The van der Waals surface area contributed by atoms with E-state index < -0.39 is 35.7 Å². The van der Waals surface area contributed by atoms with Crippen LogP contribution in [0.2, 0.25) is 0 Å². The number of carbonyl (C=O) groups excluding carboxylic acids is 3. The summed E-state index contributed by atoms with van der Waals surface area (Å²) in [6, 6.07) is 9.69. The standard InChI is InChI=1S/C30H37BFN3O7/c1-4-42-28(36)12-10-24(34-29(37)26(33-19-31-39)15-20-5-8-23(32)9-6-20)16-21-13-14-35(30(21)38)18-22-7-11-25(40-2)17-27(22)41-3/h5-12,17,21,24,26,33H,4,13-16,18-19H2,1-3H3,(H,34,37)/b12-10+/t21-,24+,26-/m0/s1. The van der Waals surface area contributed by atoms with Gasteiger partial charge in [0.05, 0.1) is 14.2 Å². The number of carbonyl (C=O) groups is 3. The maximum absolute atomic E-state index is 13.4. The van der Waals surface area contributed by atoms with Gasteiger partial charge in [-0.25, -0.2) is 0 Å². The summed E-state index contributed by atoms with van der Waals surface area (Å²) in [6.45, 7) is 2.76. The Balaban J connectivity index is 1.73. The van der Waals surface area contributed by atoms with Crippen molar-refractivity contribution >= 4 is 24.9 Å². The monoisotopic (exact) mass is 581 g/mol. The van der Waals surface area contributed by atoms with Gasteiger partial charge in [-0.15, -0.1) is 0 Å². The average molecular weight is 581 g/mol. The minimum atomic E-state index is -0.808. The SMILES string of the molecule is CCOC(=O)/C=C/[C@H](C[C@@H]1CCN(Cc2ccc(OC)cc2OC)C1=O)NC(=O)[C@H](Cc1ccc(F)cc1)NCB=O. The molecule has 3 atom stereocenters. The van der Waals surface area contributed by atoms with E-state index in [1.54, 1.807) is 44.2 Å². The molecule has 2 N–H and O–H groups in total. The Morgan fingerprint density at radius 1 is 1.17 bits per heavy atom. The van der Waals surface area contributed by atoms with Crippen molar-refractivity contribution in [2.45, 2.75) is 44.8 Å². The number of benzene rings is 2. The molecule has 10 nitrogen and oxygen atoms in total. The van der Waals surface area contributed by atoms with Gasteiger partial charge < -0.3 is 9.47 Å². The summed E-state index contributed by atoms with van der Waals surface area (Å²) >= 11 is 0. The van der Waals surface area contributed by atoms with Crippen molar-refractivity contribution in [3.8, 4) is 11.5 Å². The normalized spacial score (nSPS) is 16.1. The first kappa shape index (κ1) is 32.5. The van der Waals surface area contributed by atoms with E-state index in [0.29, 0.717) is 43.7 Å². The predicted molar refractivity (Wildman–Crippen MR) is 154 cm³/mol. The van der Waals surface area contributed by atoms with Gasteiger partial charge in [0.15, 0.2) is 0 Å². The van der Waals surface area contributed by atoms with Gasteiger partial charge in [-0.2, -0.15) is 0 Å². The molecule has 1 fully saturated rings. The summed E-state index contributed by atoms with van der Waals surface area (Å²) in [4.78, 5) is 40.5. The third kappa shape index (κ3) is 9.51. The summed E-state index contributed by atoms with van der Waals surface area (Å²) in [5.74, 6) is -0.597. The first-order valence-electron chi connectivity index (χ1n) is 13.8. The molecule has 224 valence electrons. The van der Waals surface area contributed by atoms with Crippen molar-refractivity contribution in [3.63, 3.8) is 0 Å². The van der Waals surface area contributed by atoms with Crippen LogP contribution < -0.4 is 20.1 Å². The topological polar surface area (TPSA) is 123 Å². The Bertz CT molecular complexity index is 1260. The Hall–Kier alpha value is -4.06. The third-order valence-electron chi connectivity index (χ3n) is 7.00. The summed E-state index contributed by atoms with van der Waals surface area (Å²) in [5, 5.41) is 5.80. The second-order valence-electron chi connectivity index (χ2n) is 9.84. The van der Waals surface area contributed by atoms with Crippen LogP contribution in [0.5, 0.6) is 11.5 Å². The van der Waals surface area contributed by atoms with Crippen molar-refractivity contribution in [1.82, 2.24) is 15.5 Å². The number of amides is 2. The molecule has 1 heterocycles. The van der Waals surface area contributed by atoms with Gasteiger partial charge in [0, 0.05) is 6.07 Å². The fraction of sp³-hybridized carbons (Fsp3) is 0.433. The van der Waals surface area contributed by atoms with E-state index in [2.05, 4.69) is 10.6 Å². The Morgan fingerprint density at radius 2 is 1.93 bits per heavy atom. The minimum absolute atomic E-state index is 0.0620. The fourth-order valence-electron chi connectivity index (χ4n) is 4.83. The Kier molecular flexibility index (Phi) is 12.7. The molecular formula is C30H37BFN3O7. The van der Waals surface area contributed by atoms with Crippen molar-refractivity contribution in [2.75, 3.05) is 33.8 Å². The number of ether oxygens (including phenoxy) is 3. The molecule has 1 aliphatic rings. The molecule has 3 rings (SSSR count). The van der Waals surface area contributed by atoms with E-state index in [1.807, 2.05) is 12.1 Å². The molecule has 42 heavy (non-hydrogen) atoms. The number of rotatable bonds is 16. The summed E-state index contributed by atoms with van der Waals surface area (Å²) in [5.41, 5.74) is 1.54. The van der Waals surface area contributed by atoms with E-state index in [-0.39, 0.29) is 31.8 Å². The number of hydrogen-bond acceptors (Lipinski definition) is 8. The Labute approximate surface area is 245 Å². The van der Waals surface area contributed by atoms with Gasteiger partial charge in [0.2, 0.25) is 0 Å². The van der Waals surface area contributed by atoms with Crippen molar-refractivity contribution < 1.29 is 37.7 Å². The van der Waals surface area contributed by atoms with Crippen LogP contribution in [-0.2, 0) is 36.8 Å². The van der Waals surface area contributed by atoms with Gasteiger partial charge in [0.1, 0.15) is 11.5 Å². The van der Waals surface area contributed by atoms with Crippen molar-refractivity contribution in [2.24, 2.45) is 5.92 Å². The number of methoxy groups -OCH3 is 2. The van der Waals surface area contributed by atoms with Crippen molar-refractivity contribution in [1.29, 1.82) is 0 Å². The first-order valence-corrected chi connectivity index (χ1v) is 13.8. The second kappa shape index (κ2) is 16.4. The number of nitrogens with one attached hydrogen (secondary N) is 2. The number of esters is 1. The second-order valence-corrected chi connectivity index (χ2v) is 9.84. The van der Waals surface area contributed by atoms with Crippen LogP contribution in [0.1, 0.15) is 30.9 Å². The van der Waals surface area contributed by atoms with Crippen LogP contribution in [0, 0.1) is 11.7 Å². The zero-order valence-electron chi connectivity index (χ0n) is 24.1. The summed E-state index contributed by atoms with van der Waals surface area (Å²) in [7, 11) is 3.77. The van der Waals surface area contributed by atoms with Crippen LogP contribution in [0.15, 0.2) is 54.6 Å². The molecule has 0 unspecified atom stereocenters. The fourth-order valence-corrected chi connectivity index (χ4v) is 4.83. The van der Waals surface area contributed by atoms with E-state index in [1.165, 1.54) is 24.3 Å². The summed E-state index contributed by atoms with van der Waals surface area (Å²) < 4.78 is 40.1. The number of halogens is 1. The molecule has 0 aliphatic carbocycles. The molecule has 0 spiro atoms. The predicted octanol–water partition coefficient (Wildman–Crippen LogP) is 2.39. The molecule has 12 heteroatoms. The maximum atomic E-state index is 13.4. The van der Waals surface area contributed by atoms with Crippen LogP contribution >= 0.6 is 0 Å². The molecule has 2 aromatic carbocycles. The van der Waals surface area contributed by atoms with E-state index in [0.717, 1.165) is 5.56 Å². The molecule has 1 saturated heterocycles. The zero-order chi connectivity index (χ0) is 30.5. The van der Waals surface area contributed by atoms with Crippen molar-refractivity contribution in [3.05, 3.63) is 71.6 Å². The Morgan fingerprint density at radius 3 is 2.60 bits per heavy atom. The number of nitrogens with zero attached hydrogens (tertiary/aromatic N) is 1. The van der Waals surface area contributed by atoms with Crippen LogP contribution in [0.25, 0.3) is 0 Å².